The van der Waals surface area contributed by atoms with Gasteiger partial charge in [0.2, 0.25) is 0 Å². The Morgan fingerprint density at radius 2 is 2.12 bits per heavy atom. The first-order valence-electron chi connectivity index (χ1n) is 4.87. The van der Waals surface area contributed by atoms with E-state index in [0.717, 1.165) is 13.0 Å². The Balaban J connectivity index is 2.75. The lowest BCUT2D eigenvalue weighted by Gasteiger charge is -2.09. The number of hydrogen-bond acceptors (Lipinski definition) is 2. The van der Waals surface area contributed by atoms with Crippen LogP contribution >= 0.6 is 11.6 Å². The molecule has 0 bridgehead atoms. The smallest absolute Gasteiger partial charge is 0.313 e. The number of halogens is 4. The quantitative estimate of drug-likeness (QED) is 0.832. The van der Waals surface area contributed by atoms with E-state index in [2.05, 4.69) is 10.3 Å². The third-order valence-electron chi connectivity index (χ3n) is 1.92. The van der Waals surface area contributed by atoms with Gasteiger partial charge in [-0.05, 0) is 24.6 Å². The monoisotopic (exact) mass is 252 g/mol. The van der Waals surface area contributed by atoms with Crippen molar-refractivity contribution in [2.75, 3.05) is 6.54 Å². The number of nitrogens with one attached hydrogen (secondary N) is 1. The number of alkyl halides is 3. The molecule has 0 fully saturated rings. The second kappa shape index (κ2) is 5.50. The largest absolute Gasteiger partial charge is 0.434 e. The van der Waals surface area contributed by atoms with E-state index in [1.807, 2.05) is 6.92 Å². The molecule has 1 aromatic rings. The summed E-state index contributed by atoms with van der Waals surface area (Å²) in [5.74, 6) is 0. The molecule has 16 heavy (non-hydrogen) atoms. The van der Waals surface area contributed by atoms with Gasteiger partial charge in [-0.25, -0.2) is 4.98 Å². The van der Waals surface area contributed by atoms with Gasteiger partial charge < -0.3 is 5.32 Å². The van der Waals surface area contributed by atoms with Crippen LogP contribution in [0.4, 0.5) is 13.2 Å². The summed E-state index contributed by atoms with van der Waals surface area (Å²) < 4.78 is 37.0. The molecule has 0 unspecified atom stereocenters. The fourth-order valence-electron chi connectivity index (χ4n) is 1.19. The van der Waals surface area contributed by atoms with Crippen LogP contribution in [0.3, 0.4) is 0 Å². The molecule has 0 aliphatic heterocycles. The zero-order valence-electron chi connectivity index (χ0n) is 8.74. The van der Waals surface area contributed by atoms with Crippen LogP contribution in [0.1, 0.15) is 24.6 Å². The van der Waals surface area contributed by atoms with Crippen LogP contribution in [0.2, 0.25) is 5.02 Å². The van der Waals surface area contributed by atoms with Crippen molar-refractivity contribution in [1.29, 1.82) is 0 Å². The molecular formula is C10H12ClF3N2. The van der Waals surface area contributed by atoms with E-state index >= 15 is 0 Å². The summed E-state index contributed by atoms with van der Waals surface area (Å²) in [5, 5.41) is 2.70. The second-order valence-electron chi connectivity index (χ2n) is 3.35. The van der Waals surface area contributed by atoms with Crippen molar-refractivity contribution >= 4 is 11.6 Å². The van der Waals surface area contributed by atoms with Crippen molar-refractivity contribution in [3.63, 3.8) is 0 Å². The van der Waals surface area contributed by atoms with Crippen LogP contribution in [-0.4, -0.2) is 11.5 Å². The Morgan fingerprint density at radius 3 is 2.62 bits per heavy atom. The third-order valence-corrected chi connectivity index (χ3v) is 2.21. The third kappa shape index (κ3) is 3.64. The topological polar surface area (TPSA) is 24.9 Å². The molecule has 1 aromatic heterocycles. The lowest BCUT2D eigenvalue weighted by Crippen LogP contribution is -2.15. The predicted octanol–water partition coefficient (Wildman–Crippen LogP) is 3.25. The molecule has 0 spiro atoms. The molecular weight excluding hydrogens is 241 g/mol. The highest BCUT2D eigenvalue weighted by molar-refractivity contribution is 6.31. The summed E-state index contributed by atoms with van der Waals surface area (Å²) in [5.41, 5.74) is -0.389. The number of hydrogen-bond donors (Lipinski definition) is 1. The van der Waals surface area contributed by atoms with Crippen molar-refractivity contribution in [3.8, 4) is 0 Å². The summed E-state index contributed by atoms with van der Waals surface area (Å²) in [6.45, 7) is 3.28. The predicted molar refractivity (Wildman–Crippen MR) is 56.2 cm³/mol. The van der Waals surface area contributed by atoms with Crippen LogP contribution in [-0.2, 0) is 12.7 Å². The summed E-state index contributed by atoms with van der Waals surface area (Å²) in [4.78, 5) is 3.33. The van der Waals surface area contributed by atoms with Crippen LogP contribution in [0.5, 0.6) is 0 Å². The molecule has 0 atom stereocenters. The molecule has 0 amide bonds. The molecule has 0 aromatic carbocycles. The van der Waals surface area contributed by atoms with Gasteiger partial charge in [0.1, 0.15) is 0 Å². The standard InChI is InChI=1S/C10H12ClF3N2/c1-2-3-15-5-7-4-8(11)9(16-6-7)10(12,13)14/h4,6,15H,2-3,5H2,1H3. The van der Waals surface area contributed by atoms with Crippen molar-refractivity contribution in [1.82, 2.24) is 10.3 Å². The maximum Gasteiger partial charge on any atom is 0.434 e. The molecule has 2 nitrogen and oxygen atoms in total. The van der Waals surface area contributed by atoms with Gasteiger partial charge in [0.25, 0.3) is 0 Å². The van der Waals surface area contributed by atoms with E-state index < -0.39 is 11.9 Å². The van der Waals surface area contributed by atoms with Crippen LogP contribution in [0.25, 0.3) is 0 Å². The lowest BCUT2D eigenvalue weighted by atomic mass is 10.2. The summed E-state index contributed by atoms with van der Waals surface area (Å²) in [6.07, 6.45) is -2.34. The van der Waals surface area contributed by atoms with Crippen molar-refractivity contribution in [2.24, 2.45) is 0 Å². The molecule has 0 saturated heterocycles. The molecule has 6 heteroatoms. The Bertz CT molecular complexity index is 352. The summed E-state index contributed by atoms with van der Waals surface area (Å²) in [6, 6.07) is 1.29. The Labute approximate surface area is 96.8 Å². The highest BCUT2D eigenvalue weighted by atomic mass is 35.5. The zero-order valence-corrected chi connectivity index (χ0v) is 9.49. The van der Waals surface area contributed by atoms with E-state index in [-0.39, 0.29) is 5.02 Å². The average molecular weight is 253 g/mol. The zero-order chi connectivity index (χ0) is 12.2. The molecule has 90 valence electrons. The van der Waals surface area contributed by atoms with Gasteiger partial charge in [-0.15, -0.1) is 0 Å². The molecule has 0 aliphatic carbocycles. The van der Waals surface area contributed by atoms with Gasteiger partial charge in [-0.1, -0.05) is 18.5 Å². The minimum absolute atomic E-state index is 0.358. The van der Waals surface area contributed by atoms with E-state index in [0.29, 0.717) is 12.1 Å². The highest BCUT2D eigenvalue weighted by Gasteiger charge is 2.35. The van der Waals surface area contributed by atoms with Gasteiger partial charge in [-0.2, -0.15) is 13.2 Å². The van der Waals surface area contributed by atoms with Gasteiger partial charge in [-0.3, -0.25) is 0 Å². The van der Waals surface area contributed by atoms with Gasteiger partial charge in [0.15, 0.2) is 5.69 Å². The average Bonchev–Trinajstić information content (AvgIpc) is 2.16. The summed E-state index contributed by atoms with van der Waals surface area (Å²) in [7, 11) is 0. The molecule has 0 radical (unpaired) electrons. The second-order valence-corrected chi connectivity index (χ2v) is 3.76. The Kier molecular flexibility index (Phi) is 4.56. The lowest BCUT2D eigenvalue weighted by molar-refractivity contribution is -0.141. The first-order chi connectivity index (χ1) is 7.45. The van der Waals surface area contributed by atoms with E-state index in [4.69, 9.17) is 11.6 Å². The number of nitrogens with zero attached hydrogens (tertiary/aromatic N) is 1. The minimum Gasteiger partial charge on any atom is -0.313 e. The fourth-order valence-corrected chi connectivity index (χ4v) is 1.49. The molecule has 1 heterocycles. The van der Waals surface area contributed by atoms with Crippen molar-refractivity contribution in [3.05, 3.63) is 28.5 Å². The van der Waals surface area contributed by atoms with Crippen LogP contribution < -0.4 is 5.32 Å². The first-order valence-corrected chi connectivity index (χ1v) is 5.25. The maximum absolute atomic E-state index is 12.3. The van der Waals surface area contributed by atoms with Crippen LogP contribution in [0.15, 0.2) is 12.3 Å². The molecule has 1 rings (SSSR count). The minimum atomic E-state index is -4.49. The van der Waals surface area contributed by atoms with Gasteiger partial charge >= 0.3 is 6.18 Å². The van der Waals surface area contributed by atoms with Crippen molar-refractivity contribution < 1.29 is 13.2 Å². The fraction of sp³-hybridized carbons (Fsp3) is 0.500. The maximum atomic E-state index is 12.3. The summed E-state index contributed by atoms with van der Waals surface area (Å²) >= 11 is 5.52. The van der Waals surface area contributed by atoms with Gasteiger partial charge in [0.05, 0.1) is 5.02 Å². The van der Waals surface area contributed by atoms with Gasteiger partial charge in [0, 0.05) is 12.7 Å². The van der Waals surface area contributed by atoms with E-state index in [9.17, 15) is 13.2 Å². The number of aromatic nitrogens is 1. The highest BCUT2D eigenvalue weighted by Crippen LogP contribution is 2.32. The number of pyridine rings is 1. The molecule has 1 N–H and O–H groups in total. The normalized spacial score (nSPS) is 11.8. The Morgan fingerprint density at radius 1 is 1.44 bits per heavy atom. The van der Waals surface area contributed by atoms with Crippen LogP contribution in [0, 0.1) is 0 Å². The van der Waals surface area contributed by atoms with Crippen molar-refractivity contribution in [2.45, 2.75) is 26.1 Å². The van der Waals surface area contributed by atoms with E-state index in [1.54, 1.807) is 0 Å². The van der Waals surface area contributed by atoms with E-state index in [1.165, 1.54) is 12.3 Å². The SMILES string of the molecule is CCCNCc1cnc(C(F)(F)F)c(Cl)c1. The Hall–Kier alpha value is -0.810. The number of rotatable bonds is 4. The molecule has 0 saturated carbocycles. The first kappa shape index (κ1) is 13.3. The molecule has 0 aliphatic rings.